The summed E-state index contributed by atoms with van der Waals surface area (Å²) in [6.07, 6.45) is 1.98. The van der Waals surface area contributed by atoms with Crippen LogP contribution in [0.5, 0.6) is 0 Å². The molecule has 0 spiro atoms. The molecule has 0 saturated heterocycles. The molecule has 1 atom stereocenters. The number of carbonyl (C=O) groups excluding carboxylic acids is 1. The van der Waals surface area contributed by atoms with Crippen LogP contribution in [0.15, 0.2) is 4.99 Å². The van der Waals surface area contributed by atoms with Crippen LogP contribution in [0.1, 0.15) is 19.8 Å². The molecule has 0 aliphatic carbocycles. The van der Waals surface area contributed by atoms with E-state index in [2.05, 4.69) is 4.99 Å². The molecule has 0 fully saturated rings. The van der Waals surface area contributed by atoms with Crippen molar-refractivity contribution in [3.63, 3.8) is 0 Å². The second-order valence-corrected chi connectivity index (χ2v) is 2.59. The molecule has 12 heavy (non-hydrogen) atoms. The topological polar surface area (TPSA) is 66.7 Å². The molecular weight excluding hydrogens is 158 g/mol. The number of Topliss-reactive ketones (excluding diaryl/α,β-unsaturated/α-hetero) is 1. The maximum Gasteiger partial charge on any atom is 0.311 e. The molecule has 0 aromatic carbocycles. The van der Waals surface area contributed by atoms with E-state index in [4.69, 9.17) is 5.11 Å². The fourth-order valence-electron chi connectivity index (χ4n) is 0.800. The average molecular weight is 171 g/mol. The number of ketones is 1. The molecule has 0 bridgehead atoms. The number of nitrogens with zero attached hydrogens (tertiary/aromatic N) is 1. The van der Waals surface area contributed by atoms with Crippen LogP contribution in [-0.4, -0.2) is 30.1 Å². The van der Waals surface area contributed by atoms with Crippen molar-refractivity contribution in [2.24, 2.45) is 10.9 Å². The van der Waals surface area contributed by atoms with Crippen molar-refractivity contribution >= 4 is 18.0 Å². The minimum atomic E-state index is -0.929. The van der Waals surface area contributed by atoms with Crippen LogP contribution < -0.4 is 0 Å². The lowest BCUT2D eigenvalue weighted by molar-refractivity contribution is -0.139. The van der Waals surface area contributed by atoms with Crippen molar-refractivity contribution < 1.29 is 14.7 Å². The summed E-state index contributed by atoms with van der Waals surface area (Å²) in [6, 6.07) is 0. The Morgan fingerprint density at radius 1 is 1.58 bits per heavy atom. The van der Waals surface area contributed by atoms with E-state index in [9.17, 15) is 9.59 Å². The molecule has 0 aliphatic rings. The van der Waals surface area contributed by atoms with Gasteiger partial charge in [-0.05, 0) is 13.3 Å². The molecule has 0 radical (unpaired) electrons. The predicted octanol–water partition coefficient (Wildman–Crippen LogP) is 0.757. The first-order chi connectivity index (χ1) is 5.57. The molecule has 0 aromatic heterocycles. The van der Waals surface area contributed by atoms with E-state index in [0.717, 1.165) is 0 Å². The highest BCUT2D eigenvalue weighted by molar-refractivity contribution is 5.89. The van der Waals surface area contributed by atoms with Crippen molar-refractivity contribution in [3.05, 3.63) is 0 Å². The van der Waals surface area contributed by atoms with Crippen LogP contribution >= 0.6 is 0 Å². The van der Waals surface area contributed by atoms with Gasteiger partial charge in [0.1, 0.15) is 5.78 Å². The zero-order valence-corrected chi connectivity index (χ0v) is 7.28. The summed E-state index contributed by atoms with van der Waals surface area (Å²) in [4.78, 5) is 24.7. The Morgan fingerprint density at radius 3 is 2.50 bits per heavy atom. The Labute approximate surface area is 71.3 Å². The maximum absolute atomic E-state index is 10.5. The summed E-state index contributed by atoms with van der Waals surface area (Å²) in [5.74, 6) is -1.55. The Hall–Kier alpha value is -1.19. The van der Waals surface area contributed by atoms with Gasteiger partial charge in [0.15, 0.2) is 0 Å². The number of hydrogen-bond donors (Lipinski definition) is 1. The van der Waals surface area contributed by atoms with E-state index < -0.39 is 11.9 Å². The average Bonchev–Trinajstić information content (AvgIpc) is 1.96. The minimum Gasteiger partial charge on any atom is -0.481 e. The van der Waals surface area contributed by atoms with Gasteiger partial charge in [0.05, 0.1) is 5.92 Å². The molecule has 4 heteroatoms. The SMILES string of the molecule is C/N=C/[C@@H](CCC(C)=O)C(=O)O. The van der Waals surface area contributed by atoms with Crippen molar-refractivity contribution in [1.82, 2.24) is 0 Å². The van der Waals surface area contributed by atoms with E-state index >= 15 is 0 Å². The summed E-state index contributed by atoms with van der Waals surface area (Å²) >= 11 is 0. The summed E-state index contributed by atoms with van der Waals surface area (Å²) in [5, 5.41) is 8.61. The number of aliphatic imine (C=N–C) groups is 1. The van der Waals surface area contributed by atoms with Crippen molar-refractivity contribution in [2.45, 2.75) is 19.8 Å². The quantitative estimate of drug-likeness (QED) is 0.621. The smallest absolute Gasteiger partial charge is 0.311 e. The van der Waals surface area contributed by atoms with Crippen LogP contribution in [0, 0.1) is 5.92 Å². The van der Waals surface area contributed by atoms with E-state index in [1.165, 1.54) is 20.2 Å². The Bertz CT molecular complexity index is 198. The third-order valence-corrected chi connectivity index (χ3v) is 1.45. The van der Waals surface area contributed by atoms with Gasteiger partial charge in [-0.15, -0.1) is 0 Å². The van der Waals surface area contributed by atoms with Gasteiger partial charge >= 0.3 is 5.97 Å². The highest BCUT2D eigenvalue weighted by atomic mass is 16.4. The van der Waals surface area contributed by atoms with Gasteiger partial charge in [-0.3, -0.25) is 9.79 Å². The Morgan fingerprint density at radius 2 is 2.17 bits per heavy atom. The van der Waals surface area contributed by atoms with Gasteiger partial charge in [-0.1, -0.05) is 0 Å². The third kappa shape index (κ3) is 4.60. The molecule has 0 saturated carbocycles. The van der Waals surface area contributed by atoms with Crippen LogP contribution in [0.25, 0.3) is 0 Å². The molecular formula is C8H13NO3. The molecule has 0 aliphatic heterocycles. The molecule has 0 rings (SSSR count). The normalized spacial score (nSPS) is 13.2. The molecule has 68 valence electrons. The lowest BCUT2D eigenvalue weighted by atomic mass is 10.0. The zero-order valence-electron chi connectivity index (χ0n) is 7.28. The van der Waals surface area contributed by atoms with Crippen LogP contribution in [0.2, 0.25) is 0 Å². The van der Waals surface area contributed by atoms with Crippen molar-refractivity contribution in [1.29, 1.82) is 0 Å². The van der Waals surface area contributed by atoms with Gasteiger partial charge in [-0.2, -0.15) is 0 Å². The number of carboxylic acids is 1. The van der Waals surface area contributed by atoms with Crippen LogP contribution in [-0.2, 0) is 9.59 Å². The van der Waals surface area contributed by atoms with Gasteiger partial charge in [0.25, 0.3) is 0 Å². The van der Waals surface area contributed by atoms with E-state index in [1.54, 1.807) is 0 Å². The molecule has 0 aromatic rings. The number of hydrogen-bond acceptors (Lipinski definition) is 3. The predicted molar refractivity (Wildman–Crippen MR) is 45.5 cm³/mol. The maximum atomic E-state index is 10.5. The van der Waals surface area contributed by atoms with Gasteiger partial charge in [-0.25, -0.2) is 0 Å². The highest BCUT2D eigenvalue weighted by Gasteiger charge is 2.14. The third-order valence-electron chi connectivity index (χ3n) is 1.45. The van der Waals surface area contributed by atoms with Gasteiger partial charge in [0.2, 0.25) is 0 Å². The van der Waals surface area contributed by atoms with Gasteiger partial charge < -0.3 is 9.90 Å². The number of rotatable bonds is 5. The first-order valence-electron chi connectivity index (χ1n) is 3.72. The van der Waals surface area contributed by atoms with Crippen molar-refractivity contribution in [2.75, 3.05) is 7.05 Å². The Kier molecular flexibility index (Phi) is 4.92. The van der Waals surface area contributed by atoms with Gasteiger partial charge in [0, 0.05) is 19.7 Å². The summed E-state index contributed by atoms with van der Waals surface area (Å²) in [6.45, 7) is 1.45. The highest BCUT2D eigenvalue weighted by Crippen LogP contribution is 2.04. The molecule has 0 unspecified atom stereocenters. The first-order valence-corrected chi connectivity index (χ1v) is 3.72. The number of aliphatic carboxylic acids is 1. The van der Waals surface area contributed by atoms with Crippen molar-refractivity contribution in [3.8, 4) is 0 Å². The standard InChI is InChI=1S/C8H13NO3/c1-6(10)3-4-7(5-9-2)8(11)12/h5,7H,3-4H2,1-2H3,(H,11,12)/b9-5+/t7-/m1/s1. The van der Waals surface area contributed by atoms with E-state index in [-0.39, 0.29) is 5.78 Å². The summed E-state index contributed by atoms with van der Waals surface area (Å²) in [5.41, 5.74) is 0. The monoisotopic (exact) mass is 171 g/mol. The number of carboxylic acid groups (broad SMARTS) is 1. The summed E-state index contributed by atoms with van der Waals surface area (Å²) in [7, 11) is 1.52. The Balaban J connectivity index is 3.96. The minimum absolute atomic E-state index is 0.00533. The van der Waals surface area contributed by atoms with Crippen LogP contribution in [0.3, 0.4) is 0 Å². The van der Waals surface area contributed by atoms with E-state index in [0.29, 0.717) is 12.8 Å². The molecule has 1 N–H and O–H groups in total. The largest absolute Gasteiger partial charge is 0.481 e. The molecule has 0 amide bonds. The second-order valence-electron chi connectivity index (χ2n) is 2.59. The molecule has 4 nitrogen and oxygen atoms in total. The fourth-order valence-corrected chi connectivity index (χ4v) is 0.800. The molecule has 0 heterocycles. The lowest BCUT2D eigenvalue weighted by Crippen LogP contribution is -2.16. The van der Waals surface area contributed by atoms with E-state index in [1.807, 2.05) is 0 Å². The first kappa shape index (κ1) is 10.8. The fraction of sp³-hybridized carbons (Fsp3) is 0.625. The lowest BCUT2D eigenvalue weighted by Gasteiger charge is -2.03. The second kappa shape index (κ2) is 5.46. The summed E-state index contributed by atoms with van der Waals surface area (Å²) < 4.78 is 0. The van der Waals surface area contributed by atoms with Crippen LogP contribution in [0.4, 0.5) is 0 Å². The zero-order chi connectivity index (χ0) is 9.56. The number of carbonyl (C=O) groups is 2.